The van der Waals surface area contributed by atoms with Crippen molar-refractivity contribution in [3.63, 3.8) is 0 Å². The number of amides is 1. The molecule has 0 heterocycles. The van der Waals surface area contributed by atoms with Crippen LogP contribution >= 0.6 is 11.8 Å². The summed E-state index contributed by atoms with van der Waals surface area (Å²) in [5.74, 6) is 0.502. The third kappa shape index (κ3) is 6.07. The lowest BCUT2D eigenvalue weighted by molar-refractivity contribution is -0.118. The fourth-order valence-corrected chi connectivity index (χ4v) is 2.83. The number of carbonyl (C=O) groups is 2. The van der Waals surface area contributed by atoms with Crippen LogP contribution in [0.1, 0.15) is 17.3 Å². The summed E-state index contributed by atoms with van der Waals surface area (Å²) in [6.45, 7) is 2.02. The predicted octanol–water partition coefficient (Wildman–Crippen LogP) is 3.32. The van der Waals surface area contributed by atoms with E-state index in [1.807, 2.05) is 12.1 Å². The van der Waals surface area contributed by atoms with E-state index < -0.39 is 5.82 Å². The molecular weight excluding hydrogens is 357 g/mol. The van der Waals surface area contributed by atoms with E-state index in [2.05, 4.69) is 5.32 Å². The van der Waals surface area contributed by atoms with Crippen LogP contribution in [0.2, 0.25) is 0 Å². The molecule has 0 spiro atoms. The van der Waals surface area contributed by atoms with E-state index in [0.717, 1.165) is 11.8 Å². The highest BCUT2D eigenvalue weighted by Gasteiger charge is 2.09. The Balaban J connectivity index is 1.71. The molecule has 0 saturated heterocycles. The van der Waals surface area contributed by atoms with E-state index in [0.29, 0.717) is 35.1 Å². The zero-order chi connectivity index (χ0) is 18.9. The highest BCUT2D eigenvalue weighted by Crippen LogP contribution is 2.22. The first-order valence-electron chi connectivity index (χ1n) is 7.96. The van der Waals surface area contributed by atoms with Crippen molar-refractivity contribution in [1.82, 2.24) is 5.32 Å². The summed E-state index contributed by atoms with van der Waals surface area (Å²) >= 11 is 1.08. The van der Waals surface area contributed by atoms with Gasteiger partial charge in [0, 0.05) is 16.5 Å². The minimum Gasteiger partial charge on any atom is -0.497 e. The van der Waals surface area contributed by atoms with Gasteiger partial charge in [-0.05, 0) is 31.2 Å². The number of methoxy groups -OCH3 is 1. The number of hydrogen-bond acceptors (Lipinski definition) is 5. The molecule has 2 rings (SSSR count). The molecule has 0 bridgehead atoms. The minimum atomic E-state index is -0.503. The van der Waals surface area contributed by atoms with Crippen molar-refractivity contribution in [2.75, 3.05) is 26.0 Å². The molecule has 0 aromatic heterocycles. The number of Topliss-reactive ketones (excluding diaryl/α,β-unsaturated/α-hetero) is 1. The zero-order valence-corrected chi connectivity index (χ0v) is 15.4. The molecule has 5 nitrogen and oxygen atoms in total. The number of halogens is 1. The van der Waals surface area contributed by atoms with Gasteiger partial charge in [0.15, 0.2) is 5.78 Å². The van der Waals surface area contributed by atoms with E-state index >= 15 is 0 Å². The topological polar surface area (TPSA) is 64.6 Å². The Morgan fingerprint density at radius 3 is 2.62 bits per heavy atom. The third-order valence-corrected chi connectivity index (χ3v) is 4.48. The Hall–Kier alpha value is -2.54. The number of carbonyl (C=O) groups excluding carboxylic acids is 2. The first-order chi connectivity index (χ1) is 12.5. The summed E-state index contributed by atoms with van der Waals surface area (Å²) in [5.41, 5.74) is 0.311. The maximum Gasteiger partial charge on any atom is 0.230 e. The van der Waals surface area contributed by atoms with Crippen LogP contribution < -0.4 is 14.8 Å². The molecule has 1 amide bonds. The maximum atomic E-state index is 13.9. The SMILES string of the molecule is COc1cccc(OCCNC(=O)CSc2ccc(C(C)=O)cc2F)c1. The highest BCUT2D eigenvalue weighted by molar-refractivity contribution is 8.00. The Morgan fingerprint density at radius 2 is 1.92 bits per heavy atom. The molecule has 138 valence electrons. The third-order valence-electron chi connectivity index (χ3n) is 3.43. The van der Waals surface area contributed by atoms with Gasteiger partial charge in [-0.15, -0.1) is 11.8 Å². The van der Waals surface area contributed by atoms with Gasteiger partial charge in [0.1, 0.15) is 23.9 Å². The first kappa shape index (κ1) is 19.8. The van der Waals surface area contributed by atoms with E-state index in [-0.39, 0.29) is 17.4 Å². The lowest BCUT2D eigenvalue weighted by Crippen LogP contribution is -2.29. The molecule has 2 aromatic rings. The number of thioether (sulfide) groups is 1. The molecule has 0 radical (unpaired) electrons. The fourth-order valence-electron chi connectivity index (χ4n) is 2.08. The zero-order valence-electron chi connectivity index (χ0n) is 14.6. The predicted molar refractivity (Wildman–Crippen MR) is 98.6 cm³/mol. The maximum absolute atomic E-state index is 13.9. The number of rotatable bonds is 9. The first-order valence-corrected chi connectivity index (χ1v) is 8.95. The number of ether oxygens (including phenoxy) is 2. The largest absolute Gasteiger partial charge is 0.497 e. The molecule has 0 unspecified atom stereocenters. The van der Waals surface area contributed by atoms with Crippen LogP contribution in [0.4, 0.5) is 4.39 Å². The molecule has 0 aliphatic carbocycles. The summed E-state index contributed by atoms with van der Waals surface area (Å²) in [6, 6.07) is 11.4. The van der Waals surface area contributed by atoms with Gasteiger partial charge in [-0.1, -0.05) is 12.1 Å². The lowest BCUT2D eigenvalue weighted by Gasteiger charge is -2.09. The van der Waals surface area contributed by atoms with Crippen LogP contribution in [-0.2, 0) is 4.79 Å². The summed E-state index contributed by atoms with van der Waals surface area (Å²) in [6.07, 6.45) is 0. The van der Waals surface area contributed by atoms with Gasteiger partial charge in [-0.3, -0.25) is 9.59 Å². The number of ketones is 1. The number of benzene rings is 2. The molecule has 0 atom stereocenters. The molecule has 1 N–H and O–H groups in total. The normalized spacial score (nSPS) is 10.3. The van der Waals surface area contributed by atoms with Crippen LogP contribution in [0.3, 0.4) is 0 Å². The van der Waals surface area contributed by atoms with Crippen molar-refractivity contribution >= 4 is 23.5 Å². The summed E-state index contributed by atoms with van der Waals surface area (Å²) < 4.78 is 24.5. The Kier molecular flexibility index (Phi) is 7.47. The minimum absolute atomic E-state index is 0.0789. The van der Waals surface area contributed by atoms with Crippen molar-refractivity contribution < 1.29 is 23.5 Å². The van der Waals surface area contributed by atoms with Crippen molar-refractivity contribution in [3.05, 3.63) is 53.8 Å². The molecule has 0 aliphatic rings. The Morgan fingerprint density at radius 1 is 1.15 bits per heavy atom. The second kappa shape index (κ2) is 9.82. The lowest BCUT2D eigenvalue weighted by atomic mass is 10.1. The van der Waals surface area contributed by atoms with Crippen LogP contribution in [-0.4, -0.2) is 37.7 Å². The second-order valence-corrected chi connectivity index (χ2v) is 6.38. The Bertz CT molecular complexity index is 782. The quantitative estimate of drug-likeness (QED) is 0.413. The molecule has 0 fully saturated rings. The Labute approximate surface area is 155 Å². The monoisotopic (exact) mass is 377 g/mol. The molecule has 0 saturated carbocycles. The van der Waals surface area contributed by atoms with Gasteiger partial charge in [0.05, 0.1) is 19.4 Å². The van der Waals surface area contributed by atoms with Crippen molar-refractivity contribution in [2.45, 2.75) is 11.8 Å². The summed E-state index contributed by atoms with van der Waals surface area (Å²) in [7, 11) is 1.58. The van der Waals surface area contributed by atoms with Gasteiger partial charge in [-0.2, -0.15) is 0 Å². The molecule has 26 heavy (non-hydrogen) atoms. The van der Waals surface area contributed by atoms with Crippen molar-refractivity contribution in [1.29, 1.82) is 0 Å². The number of hydrogen-bond donors (Lipinski definition) is 1. The molecule has 7 heteroatoms. The van der Waals surface area contributed by atoms with Crippen LogP contribution in [0, 0.1) is 5.82 Å². The van der Waals surface area contributed by atoms with Crippen LogP contribution in [0.15, 0.2) is 47.4 Å². The van der Waals surface area contributed by atoms with Gasteiger partial charge in [0.25, 0.3) is 0 Å². The van der Waals surface area contributed by atoms with Crippen molar-refractivity contribution in [3.8, 4) is 11.5 Å². The van der Waals surface area contributed by atoms with E-state index in [1.54, 1.807) is 25.3 Å². The van der Waals surface area contributed by atoms with Gasteiger partial charge >= 0.3 is 0 Å². The average molecular weight is 377 g/mol. The fraction of sp³-hybridized carbons (Fsp3) is 0.263. The highest BCUT2D eigenvalue weighted by atomic mass is 32.2. The van der Waals surface area contributed by atoms with Crippen LogP contribution in [0.5, 0.6) is 11.5 Å². The summed E-state index contributed by atoms with van der Waals surface area (Å²) in [5, 5.41) is 2.71. The molecule has 0 aliphatic heterocycles. The smallest absolute Gasteiger partial charge is 0.230 e. The van der Waals surface area contributed by atoms with Gasteiger partial charge in [0.2, 0.25) is 5.91 Å². The van der Waals surface area contributed by atoms with E-state index in [1.165, 1.54) is 19.1 Å². The standard InChI is InChI=1S/C19H20FNO4S/c1-13(22)14-6-7-18(17(20)10-14)26-12-19(23)21-8-9-25-16-5-3-4-15(11-16)24-2/h3-7,10-11H,8-9,12H2,1-2H3,(H,21,23). The van der Waals surface area contributed by atoms with Gasteiger partial charge < -0.3 is 14.8 Å². The average Bonchev–Trinajstić information content (AvgIpc) is 2.64. The number of nitrogens with one attached hydrogen (secondary N) is 1. The van der Waals surface area contributed by atoms with Crippen LogP contribution in [0.25, 0.3) is 0 Å². The van der Waals surface area contributed by atoms with E-state index in [4.69, 9.17) is 9.47 Å². The van der Waals surface area contributed by atoms with Crippen molar-refractivity contribution in [2.24, 2.45) is 0 Å². The van der Waals surface area contributed by atoms with E-state index in [9.17, 15) is 14.0 Å². The molecule has 2 aromatic carbocycles. The van der Waals surface area contributed by atoms with Gasteiger partial charge in [-0.25, -0.2) is 4.39 Å². The second-order valence-electron chi connectivity index (χ2n) is 5.37. The summed E-state index contributed by atoms with van der Waals surface area (Å²) in [4.78, 5) is 23.4. The molecular formula is C19H20FNO4S.